The molecule has 0 aliphatic carbocycles. The van der Waals surface area contributed by atoms with Gasteiger partial charge in [-0.1, -0.05) is 59.7 Å². The molecule has 2 N–H and O–H groups in total. The molecule has 0 saturated carbocycles. The third kappa shape index (κ3) is 3.41. The van der Waals surface area contributed by atoms with Crippen molar-refractivity contribution in [3.63, 3.8) is 0 Å². The van der Waals surface area contributed by atoms with E-state index in [0.29, 0.717) is 0 Å². The van der Waals surface area contributed by atoms with Gasteiger partial charge in [0.2, 0.25) is 0 Å². The summed E-state index contributed by atoms with van der Waals surface area (Å²) in [5.74, 6) is 0.529. The van der Waals surface area contributed by atoms with Crippen LogP contribution in [0.2, 0.25) is 0 Å². The molecule has 4 rings (SSSR count). The first-order chi connectivity index (χ1) is 13.0. The fourth-order valence-corrected chi connectivity index (χ4v) is 5.93. The lowest BCUT2D eigenvalue weighted by molar-refractivity contribution is 0.479. The number of hydrogen-bond donors (Lipinski definition) is 2. The van der Waals surface area contributed by atoms with Crippen LogP contribution in [0.3, 0.4) is 0 Å². The molecule has 0 radical (unpaired) electrons. The van der Waals surface area contributed by atoms with Gasteiger partial charge < -0.3 is 10.2 Å². The van der Waals surface area contributed by atoms with Gasteiger partial charge in [0.15, 0.2) is 0 Å². The molecular weight excluding hydrogens is 351 g/mol. The van der Waals surface area contributed by atoms with Crippen molar-refractivity contribution < 1.29 is 10.2 Å². The fourth-order valence-electron chi connectivity index (χ4n) is 3.35. The van der Waals surface area contributed by atoms with Crippen LogP contribution in [0.15, 0.2) is 78.9 Å². The van der Waals surface area contributed by atoms with Gasteiger partial charge in [0, 0.05) is 10.6 Å². The molecule has 0 aromatic heterocycles. The van der Waals surface area contributed by atoms with E-state index in [9.17, 15) is 10.2 Å². The van der Waals surface area contributed by atoms with Crippen molar-refractivity contribution in [2.75, 3.05) is 0 Å². The van der Waals surface area contributed by atoms with Gasteiger partial charge in [0.1, 0.15) is 11.5 Å². The highest BCUT2D eigenvalue weighted by Crippen LogP contribution is 2.40. The first-order valence-corrected chi connectivity index (χ1v) is 10.3. The first-order valence-electron chi connectivity index (χ1n) is 8.91. The largest absolute Gasteiger partial charge is 0.507 e. The van der Waals surface area contributed by atoms with E-state index in [1.54, 1.807) is 12.1 Å². The van der Waals surface area contributed by atoms with Crippen LogP contribution >= 0.6 is 7.92 Å². The normalized spacial score (nSPS) is 11.2. The van der Waals surface area contributed by atoms with Crippen molar-refractivity contribution in [1.82, 2.24) is 0 Å². The van der Waals surface area contributed by atoms with Crippen LogP contribution < -0.4 is 15.9 Å². The molecular formula is C24H21O2P. The van der Waals surface area contributed by atoms with E-state index in [0.717, 1.165) is 32.4 Å². The molecule has 0 aliphatic heterocycles. The third-order valence-electron chi connectivity index (χ3n) is 4.73. The molecule has 0 fully saturated rings. The van der Waals surface area contributed by atoms with Gasteiger partial charge in [-0.05, 0) is 68.2 Å². The second-order valence-electron chi connectivity index (χ2n) is 6.85. The molecule has 0 spiro atoms. The SMILES string of the molecule is Cc1ccc(O)c(P(c2ccc3ccccc3c2)c2cc(C)ccc2O)c1. The minimum Gasteiger partial charge on any atom is -0.507 e. The van der Waals surface area contributed by atoms with Gasteiger partial charge in [0.25, 0.3) is 0 Å². The van der Waals surface area contributed by atoms with Crippen LogP contribution in [-0.2, 0) is 0 Å². The van der Waals surface area contributed by atoms with E-state index in [2.05, 4.69) is 30.3 Å². The summed E-state index contributed by atoms with van der Waals surface area (Å²) in [7, 11) is -1.09. The minimum atomic E-state index is -1.09. The molecule has 2 nitrogen and oxygen atoms in total. The average molecular weight is 372 g/mol. The fraction of sp³-hybridized carbons (Fsp3) is 0.0833. The summed E-state index contributed by atoms with van der Waals surface area (Å²) in [6.07, 6.45) is 0. The maximum absolute atomic E-state index is 10.6. The molecule has 0 amide bonds. The molecule has 4 aromatic carbocycles. The van der Waals surface area contributed by atoms with E-state index in [1.165, 1.54) is 5.39 Å². The van der Waals surface area contributed by atoms with Crippen molar-refractivity contribution in [1.29, 1.82) is 0 Å². The zero-order chi connectivity index (χ0) is 19.0. The Kier molecular flexibility index (Phi) is 4.59. The highest BCUT2D eigenvalue weighted by Gasteiger charge is 2.23. The number of aromatic hydroxyl groups is 2. The molecule has 27 heavy (non-hydrogen) atoms. The summed E-state index contributed by atoms with van der Waals surface area (Å²) >= 11 is 0. The zero-order valence-electron chi connectivity index (χ0n) is 15.3. The van der Waals surface area contributed by atoms with Crippen molar-refractivity contribution in [2.45, 2.75) is 13.8 Å². The molecule has 0 saturated heterocycles. The van der Waals surface area contributed by atoms with Gasteiger partial charge in [-0.15, -0.1) is 0 Å². The van der Waals surface area contributed by atoms with E-state index in [4.69, 9.17) is 0 Å². The Morgan fingerprint density at radius 1 is 0.593 bits per heavy atom. The Morgan fingerprint density at radius 2 is 1.15 bits per heavy atom. The van der Waals surface area contributed by atoms with E-state index in [1.807, 2.05) is 50.2 Å². The topological polar surface area (TPSA) is 40.5 Å². The summed E-state index contributed by atoms with van der Waals surface area (Å²) in [6.45, 7) is 4.04. The third-order valence-corrected chi connectivity index (χ3v) is 7.21. The smallest absolute Gasteiger partial charge is 0.123 e. The molecule has 3 heteroatoms. The van der Waals surface area contributed by atoms with Gasteiger partial charge in [-0.3, -0.25) is 0 Å². The quantitative estimate of drug-likeness (QED) is 0.515. The van der Waals surface area contributed by atoms with E-state index < -0.39 is 7.92 Å². The second-order valence-corrected chi connectivity index (χ2v) is 9.00. The second kappa shape index (κ2) is 7.06. The predicted octanol–water partition coefficient (Wildman–Crippen LogP) is 4.63. The van der Waals surface area contributed by atoms with Crippen LogP contribution in [0.4, 0.5) is 0 Å². The number of hydrogen-bond acceptors (Lipinski definition) is 2. The maximum Gasteiger partial charge on any atom is 0.123 e. The molecule has 0 aliphatic rings. The molecule has 0 atom stereocenters. The molecule has 4 aromatic rings. The predicted molar refractivity (Wildman–Crippen MR) is 115 cm³/mol. The lowest BCUT2D eigenvalue weighted by atomic mass is 10.1. The van der Waals surface area contributed by atoms with E-state index >= 15 is 0 Å². The number of rotatable bonds is 3. The average Bonchev–Trinajstić information content (AvgIpc) is 2.67. The van der Waals surface area contributed by atoms with Crippen LogP contribution in [0.1, 0.15) is 11.1 Å². The Morgan fingerprint density at radius 3 is 1.74 bits per heavy atom. The van der Waals surface area contributed by atoms with Crippen molar-refractivity contribution >= 4 is 34.6 Å². The Labute approximate surface area is 160 Å². The maximum atomic E-state index is 10.6. The summed E-state index contributed by atoms with van der Waals surface area (Å²) < 4.78 is 0. The van der Waals surface area contributed by atoms with Gasteiger partial charge in [-0.25, -0.2) is 0 Å². The van der Waals surface area contributed by atoms with Crippen molar-refractivity contribution in [3.8, 4) is 11.5 Å². The van der Waals surface area contributed by atoms with Gasteiger partial charge in [-0.2, -0.15) is 0 Å². The molecule has 0 heterocycles. The van der Waals surface area contributed by atoms with Gasteiger partial charge in [0.05, 0.1) is 0 Å². The lowest BCUT2D eigenvalue weighted by Crippen LogP contribution is -2.22. The lowest BCUT2D eigenvalue weighted by Gasteiger charge is -2.22. The highest BCUT2D eigenvalue weighted by molar-refractivity contribution is 7.80. The summed E-state index contributed by atoms with van der Waals surface area (Å²) in [5, 5.41) is 26.4. The summed E-state index contributed by atoms with van der Waals surface area (Å²) in [6, 6.07) is 26.0. The number of aryl methyl sites for hydroxylation is 2. The Bertz CT molecular complexity index is 1080. The monoisotopic (exact) mass is 372 g/mol. The highest BCUT2D eigenvalue weighted by atomic mass is 31.1. The molecule has 134 valence electrons. The molecule has 0 bridgehead atoms. The Balaban J connectivity index is 2.00. The first kappa shape index (κ1) is 17.6. The van der Waals surface area contributed by atoms with Crippen LogP contribution in [0.5, 0.6) is 11.5 Å². The number of phenolic OH excluding ortho intramolecular Hbond substituents is 2. The van der Waals surface area contributed by atoms with E-state index in [-0.39, 0.29) is 11.5 Å². The van der Waals surface area contributed by atoms with Crippen LogP contribution in [-0.4, -0.2) is 10.2 Å². The standard InChI is InChI=1S/C24H21O2P/c1-16-7-11-21(25)23(13-16)27(24-14-17(2)8-12-22(24)26)20-10-9-18-5-3-4-6-19(18)15-20/h3-15,25-26H,1-2H3. The van der Waals surface area contributed by atoms with Crippen molar-refractivity contribution in [3.05, 3.63) is 90.0 Å². The number of benzene rings is 4. The summed E-state index contributed by atoms with van der Waals surface area (Å²) in [4.78, 5) is 0. The molecule has 0 unspecified atom stereocenters. The Hall–Kier alpha value is -2.83. The summed E-state index contributed by atoms with van der Waals surface area (Å²) in [5.41, 5.74) is 2.17. The van der Waals surface area contributed by atoms with Crippen LogP contribution in [0.25, 0.3) is 10.8 Å². The van der Waals surface area contributed by atoms with Crippen LogP contribution in [0, 0.1) is 13.8 Å². The minimum absolute atomic E-state index is 0.265. The number of phenols is 2. The number of fused-ring (bicyclic) bond motifs is 1. The zero-order valence-corrected chi connectivity index (χ0v) is 16.2. The van der Waals surface area contributed by atoms with Crippen molar-refractivity contribution in [2.24, 2.45) is 0 Å². The van der Waals surface area contributed by atoms with Gasteiger partial charge >= 0.3 is 0 Å².